The zero-order valence-corrected chi connectivity index (χ0v) is 9.03. The molecule has 0 unspecified atom stereocenters. The van der Waals surface area contributed by atoms with Gasteiger partial charge in [0.05, 0.1) is 0 Å². The summed E-state index contributed by atoms with van der Waals surface area (Å²) in [6.45, 7) is 0. The molecule has 0 amide bonds. The fourth-order valence-electron chi connectivity index (χ4n) is 2.31. The number of aromatic nitrogens is 1. The number of hydrogen-bond donors (Lipinski definition) is 2. The molecule has 1 fully saturated rings. The van der Waals surface area contributed by atoms with Crippen LogP contribution in [0.15, 0.2) is 16.9 Å². The molecule has 1 aliphatic carbocycles. The number of nitrogens with one attached hydrogen (secondary N) is 1. The van der Waals surface area contributed by atoms with E-state index >= 15 is 0 Å². The molecule has 2 N–H and O–H groups in total. The average molecular weight is 221 g/mol. The molecule has 0 spiro atoms. The minimum atomic E-state index is -1.17. The van der Waals surface area contributed by atoms with Crippen LogP contribution in [0.3, 0.4) is 0 Å². The highest BCUT2D eigenvalue weighted by Gasteiger charge is 2.17. The van der Waals surface area contributed by atoms with Crippen LogP contribution >= 0.6 is 0 Å². The van der Waals surface area contributed by atoms with Crippen molar-refractivity contribution in [2.75, 3.05) is 0 Å². The molecule has 0 aromatic carbocycles. The van der Waals surface area contributed by atoms with Crippen molar-refractivity contribution in [3.8, 4) is 0 Å². The van der Waals surface area contributed by atoms with Crippen LogP contribution < -0.4 is 5.56 Å². The van der Waals surface area contributed by atoms with Crippen LogP contribution in [-0.4, -0.2) is 16.1 Å². The highest BCUT2D eigenvalue weighted by molar-refractivity contribution is 5.86. The van der Waals surface area contributed by atoms with Gasteiger partial charge in [0, 0.05) is 5.69 Å². The van der Waals surface area contributed by atoms with Crippen LogP contribution in [0.4, 0.5) is 0 Å². The molecule has 0 radical (unpaired) electrons. The van der Waals surface area contributed by atoms with Gasteiger partial charge >= 0.3 is 5.97 Å². The largest absolute Gasteiger partial charge is 0.477 e. The molecular formula is C12H15NO3. The van der Waals surface area contributed by atoms with E-state index in [2.05, 4.69) is 4.98 Å². The summed E-state index contributed by atoms with van der Waals surface area (Å²) < 4.78 is 0. The second-order valence-electron chi connectivity index (χ2n) is 4.30. The number of carbonyl (C=O) groups is 1. The van der Waals surface area contributed by atoms with Gasteiger partial charge in [-0.05, 0) is 30.9 Å². The van der Waals surface area contributed by atoms with Crippen molar-refractivity contribution < 1.29 is 9.90 Å². The summed E-state index contributed by atoms with van der Waals surface area (Å²) in [5.74, 6) is -0.777. The normalized spacial score (nSPS) is 17.2. The van der Waals surface area contributed by atoms with Gasteiger partial charge in [0.1, 0.15) is 5.56 Å². The molecule has 1 aromatic heterocycles. The third-order valence-electron chi connectivity index (χ3n) is 3.21. The topological polar surface area (TPSA) is 70.2 Å². The van der Waals surface area contributed by atoms with E-state index in [0.29, 0.717) is 5.92 Å². The number of aromatic carboxylic acids is 1. The predicted octanol–water partition coefficient (Wildman–Crippen LogP) is 2.12. The van der Waals surface area contributed by atoms with Crippen LogP contribution in [0.5, 0.6) is 0 Å². The second kappa shape index (κ2) is 4.51. The van der Waals surface area contributed by atoms with Gasteiger partial charge in [-0.25, -0.2) is 4.79 Å². The smallest absolute Gasteiger partial charge is 0.341 e. The zero-order valence-electron chi connectivity index (χ0n) is 9.03. The Bertz CT molecular complexity index is 444. The first kappa shape index (κ1) is 10.9. The number of carboxylic acid groups (broad SMARTS) is 1. The Labute approximate surface area is 93.3 Å². The maximum absolute atomic E-state index is 11.5. The average Bonchev–Trinajstić information content (AvgIpc) is 2.29. The summed E-state index contributed by atoms with van der Waals surface area (Å²) in [5.41, 5.74) is 0.213. The Morgan fingerprint density at radius 3 is 2.50 bits per heavy atom. The molecule has 0 aliphatic heterocycles. The van der Waals surface area contributed by atoms with Gasteiger partial charge in [0.2, 0.25) is 0 Å². The molecule has 0 atom stereocenters. The monoisotopic (exact) mass is 221 g/mol. The van der Waals surface area contributed by atoms with E-state index in [1.54, 1.807) is 6.07 Å². The van der Waals surface area contributed by atoms with E-state index in [0.717, 1.165) is 18.5 Å². The quantitative estimate of drug-likeness (QED) is 0.803. The van der Waals surface area contributed by atoms with Crippen LogP contribution in [-0.2, 0) is 0 Å². The minimum Gasteiger partial charge on any atom is -0.477 e. The molecule has 4 nitrogen and oxygen atoms in total. The molecule has 1 saturated carbocycles. The molecule has 1 aliphatic rings. The van der Waals surface area contributed by atoms with Crippen molar-refractivity contribution in [2.45, 2.75) is 38.0 Å². The first-order valence-corrected chi connectivity index (χ1v) is 5.65. The van der Waals surface area contributed by atoms with Gasteiger partial charge in [0.25, 0.3) is 5.56 Å². The first-order valence-electron chi connectivity index (χ1n) is 5.65. The summed E-state index contributed by atoms with van der Waals surface area (Å²) in [5, 5.41) is 8.75. The summed E-state index contributed by atoms with van der Waals surface area (Å²) >= 11 is 0. The zero-order chi connectivity index (χ0) is 11.5. The Hall–Kier alpha value is -1.58. The lowest BCUT2D eigenvalue weighted by Gasteiger charge is -2.21. The summed E-state index contributed by atoms with van der Waals surface area (Å²) in [6, 6.07) is 3.14. The lowest BCUT2D eigenvalue weighted by atomic mass is 9.86. The van der Waals surface area contributed by atoms with Crippen LogP contribution in [0.2, 0.25) is 0 Å². The number of carboxylic acids is 1. The number of aromatic amines is 1. The highest BCUT2D eigenvalue weighted by Crippen LogP contribution is 2.30. The SMILES string of the molecule is O=C(O)c1ccc(C2CCCCC2)[nH]c1=O. The lowest BCUT2D eigenvalue weighted by molar-refractivity contribution is 0.0695. The molecule has 2 rings (SSSR count). The van der Waals surface area contributed by atoms with Crippen LogP contribution in [0.25, 0.3) is 0 Å². The summed E-state index contributed by atoms with van der Waals surface area (Å²) in [4.78, 5) is 24.9. The first-order chi connectivity index (χ1) is 7.68. The highest BCUT2D eigenvalue weighted by atomic mass is 16.4. The van der Waals surface area contributed by atoms with Gasteiger partial charge in [-0.15, -0.1) is 0 Å². The van der Waals surface area contributed by atoms with Crippen molar-refractivity contribution in [3.05, 3.63) is 33.7 Å². The molecule has 0 saturated heterocycles. The molecule has 0 bridgehead atoms. The van der Waals surface area contributed by atoms with Crippen molar-refractivity contribution in [2.24, 2.45) is 0 Å². The van der Waals surface area contributed by atoms with E-state index in [-0.39, 0.29) is 5.56 Å². The van der Waals surface area contributed by atoms with Gasteiger partial charge in [-0.2, -0.15) is 0 Å². The number of rotatable bonds is 2. The third kappa shape index (κ3) is 2.15. The van der Waals surface area contributed by atoms with Crippen molar-refractivity contribution in [1.29, 1.82) is 0 Å². The number of pyridine rings is 1. The number of H-pyrrole nitrogens is 1. The van der Waals surface area contributed by atoms with Crippen molar-refractivity contribution >= 4 is 5.97 Å². The molecule has 1 heterocycles. The van der Waals surface area contributed by atoms with Gasteiger partial charge in [-0.3, -0.25) is 4.79 Å². The minimum absolute atomic E-state index is 0.181. The third-order valence-corrected chi connectivity index (χ3v) is 3.21. The second-order valence-corrected chi connectivity index (χ2v) is 4.30. The molecular weight excluding hydrogens is 206 g/mol. The van der Waals surface area contributed by atoms with E-state index < -0.39 is 11.5 Å². The standard InChI is InChI=1S/C12H15NO3/c14-11-9(12(15)16)6-7-10(13-11)8-4-2-1-3-5-8/h6-8H,1-5H2,(H,13,14)(H,15,16). The maximum atomic E-state index is 11.5. The fourth-order valence-corrected chi connectivity index (χ4v) is 2.31. The molecule has 16 heavy (non-hydrogen) atoms. The van der Waals surface area contributed by atoms with Gasteiger partial charge in [0.15, 0.2) is 0 Å². The lowest BCUT2D eigenvalue weighted by Crippen LogP contribution is -2.20. The maximum Gasteiger partial charge on any atom is 0.341 e. The van der Waals surface area contributed by atoms with E-state index in [1.807, 2.05) is 0 Å². The van der Waals surface area contributed by atoms with E-state index in [1.165, 1.54) is 25.3 Å². The summed E-state index contributed by atoms with van der Waals surface area (Å²) in [7, 11) is 0. The summed E-state index contributed by atoms with van der Waals surface area (Å²) in [6.07, 6.45) is 5.80. The Morgan fingerprint density at radius 2 is 1.94 bits per heavy atom. The van der Waals surface area contributed by atoms with E-state index in [9.17, 15) is 9.59 Å². The van der Waals surface area contributed by atoms with Gasteiger partial charge in [-0.1, -0.05) is 19.3 Å². The van der Waals surface area contributed by atoms with Crippen LogP contribution in [0, 0.1) is 0 Å². The van der Waals surface area contributed by atoms with Crippen molar-refractivity contribution in [1.82, 2.24) is 4.98 Å². The molecule has 86 valence electrons. The van der Waals surface area contributed by atoms with Gasteiger partial charge < -0.3 is 10.1 Å². The Morgan fingerprint density at radius 1 is 1.25 bits per heavy atom. The van der Waals surface area contributed by atoms with E-state index in [4.69, 9.17) is 5.11 Å². The fraction of sp³-hybridized carbons (Fsp3) is 0.500. The Kier molecular flexibility index (Phi) is 3.08. The Balaban J connectivity index is 2.26. The van der Waals surface area contributed by atoms with Crippen LogP contribution in [0.1, 0.15) is 54.1 Å². The predicted molar refractivity (Wildman–Crippen MR) is 59.8 cm³/mol. The molecule has 4 heteroatoms. The van der Waals surface area contributed by atoms with Crippen molar-refractivity contribution in [3.63, 3.8) is 0 Å². The number of hydrogen-bond acceptors (Lipinski definition) is 2. The molecule has 1 aromatic rings.